The van der Waals surface area contributed by atoms with E-state index in [0.717, 1.165) is 61.6 Å². The Balaban J connectivity index is 0.862. The summed E-state index contributed by atoms with van der Waals surface area (Å²) in [7, 11) is 1.36. The zero-order valence-electron chi connectivity index (χ0n) is 34.1. The van der Waals surface area contributed by atoms with Gasteiger partial charge in [0, 0.05) is 72.7 Å². The monoisotopic (exact) mass is 814 g/mol. The van der Waals surface area contributed by atoms with Gasteiger partial charge in [0.2, 0.25) is 0 Å². The van der Waals surface area contributed by atoms with Gasteiger partial charge in [-0.25, -0.2) is 24.5 Å². The first-order valence-electron chi connectivity index (χ1n) is 19.8. The van der Waals surface area contributed by atoms with E-state index in [2.05, 4.69) is 41.5 Å². The summed E-state index contributed by atoms with van der Waals surface area (Å²) in [6, 6.07) is 19.7. The Labute approximate surface area is 349 Å². The molecule has 0 atom stereocenters. The van der Waals surface area contributed by atoms with E-state index in [1.807, 2.05) is 112 Å². The number of alkyl carbamates (subject to hydrolysis) is 1. The highest BCUT2D eigenvalue weighted by atomic mass is 32.2. The number of aromatic nitrogens is 3. The molecular weight excluding hydrogens is 765 g/mol. The van der Waals surface area contributed by atoms with Crippen molar-refractivity contribution in [3.63, 3.8) is 0 Å². The molecule has 2 aromatic carbocycles. The van der Waals surface area contributed by atoms with Crippen LogP contribution in [0.4, 0.5) is 22.0 Å². The first-order chi connectivity index (χ1) is 28.3. The van der Waals surface area contributed by atoms with Crippen LogP contribution in [-0.4, -0.2) is 88.3 Å². The number of amides is 2. The molecule has 0 unspecified atom stereocenters. The fraction of sp³-hybridized carbons (Fsp3) is 0.333. The van der Waals surface area contributed by atoms with Gasteiger partial charge in [-0.05, 0) is 119 Å². The fourth-order valence-electron chi connectivity index (χ4n) is 7.19. The van der Waals surface area contributed by atoms with Crippen molar-refractivity contribution in [1.82, 2.24) is 25.2 Å². The van der Waals surface area contributed by atoms with Crippen LogP contribution in [0.25, 0.3) is 5.57 Å². The lowest BCUT2D eigenvalue weighted by molar-refractivity contribution is 0.0498. The molecule has 3 aliphatic rings. The number of nitrogens with zero attached hydrogens (tertiary/aromatic N) is 6. The van der Waals surface area contributed by atoms with Gasteiger partial charge in [-0.1, -0.05) is 30.0 Å². The van der Waals surface area contributed by atoms with E-state index in [0.29, 0.717) is 33.8 Å². The average molecular weight is 815 g/mol. The second-order valence-corrected chi connectivity index (χ2v) is 17.0. The molecule has 0 radical (unpaired) electrons. The van der Waals surface area contributed by atoms with Crippen molar-refractivity contribution < 1.29 is 23.9 Å². The molecule has 3 aliphatic heterocycles. The molecule has 7 rings (SSSR count). The third kappa shape index (κ3) is 10.7. The molecule has 2 amide bonds. The Bertz CT molecular complexity index is 2210. The molecule has 13 nitrogen and oxygen atoms in total. The largest absolute Gasteiger partial charge is 0.464 e. The fourth-order valence-corrected chi connectivity index (χ4v) is 7.98. The van der Waals surface area contributed by atoms with Gasteiger partial charge in [-0.15, -0.1) is 0 Å². The van der Waals surface area contributed by atoms with Gasteiger partial charge in [0.05, 0.1) is 25.0 Å². The third-order valence-electron chi connectivity index (χ3n) is 10.4. The molecule has 59 heavy (non-hydrogen) atoms. The van der Waals surface area contributed by atoms with Crippen LogP contribution in [0.2, 0.25) is 0 Å². The van der Waals surface area contributed by atoms with Crippen LogP contribution in [0.1, 0.15) is 73.4 Å². The highest BCUT2D eigenvalue weighted by Gasteiger charge is 2.28. The Hall–Kier alpha value is -5.99. The number of ether oxygens (including phenoxy) is 2. The third-order valence-corrected chi connectivity index (χ3v) is 11.3. The summed E-state index contributed by atoms with van der Waals surface area (Å²) < 4.78 is 10.2. The summed E-state index contributed by atoms with van der Waals surface area (Å²) in [5.74, 6) is 0.0319. The normalized spacial score (nSPS) is 16.9. The van der Waals surface area contributed by atoms with Crippen LogP contribution in [0, 0.1) is 0 Å². The van der Waals surface area contributed by atoms with E-state index >= 15 is 0 Å². The molecule has 0 aliphatic carbocycles. The Kier molecular flexibility index (Phi) is 12.5. The molecule has 306 valence electrons. The molecule has 5 heterocycles. The second kappa shape index (κ2) is 17.9. The smallest absolute Gasteiger partial charge is 0.408 e. The van der Waals surface area contributed by atoms with Crippen molar-refractivity contribution >= 4 is 52.5 Å². The second-order valence-electron chi connectivity index (χ2n) is 15.9. The molecule has 1 fully saturated rings. The summed E-state index contributed by atoms with van der Waals surface area (Å²) in [6.45, 7) is 11.2. The van der Waals surface area contributed by atoms with Crippen molar-refractivity contribution in [2.45, 2.75) is 74.1 Å². The van der Waals surface area contributed by atoms with E-state index < -0.39 is 23.2 Å². The van der Waals surface area contributed by atoms with Crippen LogP contribution < -0.4 is 20.4 Å². The minimum atomic E-state index is -0.701. The minimum Gasteiger partial charge on any atom is -0.464 e. The summed E-state index contributed by atoms with van der Waals surface area (Å²) in [5.41, 5.74) is 3.76. The van der Waals surface area contributed by atoms with E-state index in [1.165, 1.54) is 24.4 Å². The molecule has 2 N–H and O–H groups in total. The maximum Gasteiger partial charge on any atom is 0.408 e. The van der Waals surface area contributed by atoms with Gasteiger partial charge in [0.15, 0.2) is 5.82 Å². The standard InChI is InChI=1S/C45H50N8O5S/c1-44(2,3)58-43(56)50-45(4)19-25-53(26-20-45)39-29-48-40(30-47-39)59-37-8-6-7-34(27-37)49-41(54)32-9-12-35(13-10-32)52-23-17-36(18-24-52)51-21-15-31(16-22-51)33-11-14-38(46-28-33)42(55)57-5/h6-15,19-20,25-30,36H,16-18,21-24H2,1-5H3,(H,49,54)(H,50,56). The van der Waals surface area contributed by atoms with E-state index in [1.54, 1.807) is 24.7 Å². The molecular formula is C45H50N8O5S. The Morgan fingerprint density at radius 3 is 2.29 bits per heavy atom. The first kappa shape index (κ1) is 41.2. The van der Waals surface area contributed by atoms with Gasteiger partial charge >= 0.3 is 12.1 Å². The molecule has 2 aromatic heterocycles. The van der Waals surface area contributed by atoms with Crippen molar-refractivity contribution in [1.29, 1.82) is 0 Å². The summed E-state index contributed by atoms with van der Waals surface area (Å²) in [4.78, 5) is 58.5. The number of piperidine rings is 1. The van der Waals surface area contributed by atoms with Gasteiger partial charge in [-0.3, -0.25) is 9.69 Å². The number of esters is 1. The van der Waals surface area contributed by atoms with Gasteiger partial charge in [0.1, 0.15) is 16.3 Å². The zero-order valence-corrected chi connectivity index (χ0v) is 34.9. The number of methoxy groups -OCH3 is 1. The number of carbonyl (C=O) groups is 3. The summed E-state index contributed by atoms with van der Waals surface area (Å²) in [6.07, 6.45) is 17.4. The SMILES string of the molecule is COC(=O)c1ccc(C2=CCN(C3CCN(c4ccc(C(=O)Nc5cccc(Sc6cnc(N7C=CC(C)(NC(=O)OC(C)(C)C)C=C7)cn6)c5)cc4)CC3)CC2)cn1. The van der Waals surface area contributed by atoms with Crippen molar-refractivity contribution in [2.75, 3.05) is 48.4 Å². The lowest BCUT2D eigenvalue weighted by Gasteiger charge is -2.40. The molecule has 0 saturated carbocycles. The number of nitrogens with one attached hydrogen (secondary N) is 2. The van der Waals surface area contributed by atoms with Gasteiger partial charge in [-0.2, -0.15) is 0 Å². The number of anilines is 3. The number of hydrogen-bond donors (Lipinski definition) is 2. The topological polar surface area (TPSA) is 142 Å². The molecule has 0 bridgehead atoms. The predicted molar refractivity (Wildman–Crippen MR) is 231 cm³/mol. The quantitative estimate of drug-likeness (QED) is 0.150. The lowest BCUT2D eigenvalue weighted by atomic mass is 9.96. The highest BCUT2D eigenvalue weighted by Crippen LogP contribution is 2.31. The molecule has 1 saturated heterocycles. The Morgan fingerprint density at radius 1 is 0.898 bits per heavy atom. The van der Waals surface area contributed by atoms with E-state index in [9.17, 15) is 14.4 Å². The number of benzene rings is 2. The van der Waals surface area contributed by atoms with Crippen LogP contribution in [0.3, 0.4) is 0 Å². The lowest BCUT2D eigenvalue weighted by Crippen LogP contribution is -2.46. The number of rotatable bonds is 10. The van der Waals surface area contributed by atoms with Crippen LogP contribution in [0.15, 0.2) is 120 Å². The number of pyridine rings is 1. The Morgan fingerprint density at radius 2 is 1.66 bits per heavy atom. The maximum absolute atomic E-state index is 13.3. The van der Waals surface area contributed by atoms with Crippen LogP contribution in [-0.2, 0) is 9.47 Å². The number of carbonyl (C=O) groups excluding carboxylic acids is 3. The maximum atomic E-state index is 13.3. The zero-order chi connectivity index (χ0) is 41.6. The molecule has 14 heteroatoms. The van der Waals surface area contributed by atoms with Crippen LogP contribution >= 0.6 is 11.8 Å². The minimum absolute atomic E-state index is 0.172. The molecule has 0 spiro atoms. The summed E-state index contributed by atoms with van der Waals surface area (Å²) >= 11 is 1.45. The van der Waals surface area contributed by atoms with E-state index in [4.69, 9.17) is 9.47 Å². The summed E-state index contributed by atoms with van der Waals surface area (Å²) in [5, 5.41) is 6.63. The van der Waals surface area contributed by atoms with Crippen molar-refractivity contribution in [3.8, 4) is 0 Å². The van der Waals surface area contributed by atoms with Crippen molar-refractivity contribution in [3.05, 3.63) is 127 Å². The molecule has 4 aromatic rings. The highest BCUT2D eigenvalue weighted by molar-refractivity contribution is 7.99. The predicted octanol–water partition coefficient (Wildman–Crippen LogP) is 7.95. The van der Waals surface area contributed by atoms with Gasteiger partial charge < -0.3 is 29.9 Å². The van der Waals surface area contributed by atoms with E-state index in [-0.39, 0.29) is 5.91 Å². The van der Waals surface area contributed by atoms with Gasteiger partial charge in [0.25, 0.3) is 5.91 Å². The average Bonchev–Trinajstić information content (AvgIpc) is 3.23. The number of hydrogen-bond acceptors (Lipinski definition) is 12. The first-order valence-corrected chi connectivity index (χ1v) is 20.6. The van der Waals surface area contributed by atoms with Crippen LogP contribution in [0.5, 0.6) is 0 Å². The van der Waals surface area contributed by atoms with Crippen molar-refractivity contribution in [2.24, 2.45) is 0 Å².